The Morgan fingerprint density at radius 3 is 2.44 bits per heavy atom. The fourth-order valence-electron chi connectivity index (χ4n) is 3.33. The lowest BCUT2D eigenvalue weighted by Crippen LogP contribution is -2.37. The fourth-order valence-corrected chi connectivity index (χ4v) is 3.33. The van der Waals surface area contributed by atoms with Crippen molar-refractivity contribution < 1.29 is 23.8 Å². The summed E-state index contributed by atoms with van der Waals surface area (Å²) in [6.07, 6.45) is 0.206. The van der Waals surface area contributed by atoms with Crippen LogP contribution < -0.4 is 20.1 Å². The van der Waals surface area contributed by atoms with Crippen molar-refractivity contribution in [1.29, 1.82) is 0 Å². The number of pyridine rings is 1. The molecule has 0 unspecified atom stereocenters. The zero-order chi connectivity index (χ0) is 26.0. The first-order valence-electron chi connectivity index (χ1n) is 11.8. The highest BCUT2D eigenvalue weighted by Crippen LogP contribution is 2.21. The molecule has 3 aromatic rings. The Labute approximate surface area is 212 Å². The minimum Gasteiger partial charge on any atom is -0.497 e. The second-order valence-corrected chi connectivity index (χ2v) is 9.08. The van der Waals surface area contributed by atoms with E-state index in [0.717, 1.165) is 23.3 Å². The third kappa shape index (κ3) is 8.61. The van der Waals surface area contributed by atoms with Crippen molar-refractivity contribution in [3.05, 3.63) is 77.9 Å². The smallest absolute Gasteiger partial charge is 0.407 e. The molecule has 0 atom stereocenters. The summed E-state index contributed by atoms with van der Waals surface area (Å²) in [5.74, 6) is 1.09. The van der Waals surface area contributed by atoms with E-state index in [9.17, 15) is 9.59 Å². The van der Waals surface area contributed by atoms with E-state index in [-0.39, 0.29) is 19.0 Å². The highest BCUT2D eigenvalue weighted by atomic mass is 16.6. The molecule has 0 spiro atoms. The van der Waals surface area contributed by atoms with Gasteiger partial charge in [-0.15, -0.1) is 0 Å². The molecule has 3 rings (SSSR count). The van der Waals surface area contributed by atoms with Gasteiger partial charge in [0.2, 0.25) is 5.88 Å². The number of amides is 2. The maximum atomic E-state index is 12.6. The number of carbonyl (C=O) groups is 2. The Bertz CT molecular complexity index is 1170. The van der Waals surface area contributed by atoms with Crippen molar-refractivity contribution in [3.8, 4) is 22.9 Å². The maximum absolute atomic E-state index is 12.6. The van der Waals surface area contributed by atoms with Crippen LogP contribution in [0.4, 0.5) is 4.79 Å². The van der Waals surface area contributed by atoms with Crippen LogP contribution in [0.5, 0.6) is 11.6 Å². The van der Waals surface area contributed by atoms with E-state index in [1.54, 1.807) is 46.1 Å². The molecule has 2 N–H and O–H groups in total. The molecule has 36 heavy (non-hydrogen) atoms. The molecular weight excluding hydrogens is 458 g/mol. The summed E-state index contributed by atoms with van der Waals surface area (Å²) in [5, 5.41) is 5.41. The van der Waals surface area contributed by atoms with E-state index in [0.29, 0.717) is 23.7 Å². The minimum atomic E-state index is -0.569. The number of aromatic nitrogens is 1. The second kappa shape index (κ2) is 12.6. The average molecular weight is 492 g/mol. The van der Waals surface area contributed by atoms with Crippen LogP contribution in [0.2, 0.25) is 0 Å². The number of alkyl carbamates (subject to hydrolysis) is 1. The number of benzene rings is 2. The summed E-state index contributed by atoms with van der Waals surface area (Å²) < 4.78 is 16.3. The molecule has 0 aliphatic heterocycles. The van der Waals surface area contributed by atoms with Crippen LogP contribution in [0.1, 0.15) is 36.7 Å². The lowest BCUT2D eigenvalue weighted by molar-refractivity contribution is 0.0526. The number of methoxy groups -OCH3 is 1. The number of hydrogen-bond acceptors (Lipinski definition) is 6. The Kier molecular flexibility index (Phi) is 9.27. The molecule has 2 aromatic carbocycles. The summed E-state index contributed by atoms with van der Waals surface area (Å²) in [4.78, 5) is 28.9. The summed E-state index contributed by atoms with van der Waals surface area (Å²) in [6, 6.07) is 20.6. The van der Waals surface area contributed by atoms with Gasteiger partial charge in [-0.2, -0.15) is 0 Å². The maximum Gasteiger partial charge on any atom is 0.407 e. The van der Waals surface area contributed by atoms with E-state index in [2.05, 4.69) is 15.6 Å². The lowest BCUT2D eigenvalue weighted by Gasteiger charge is -2.19. The molecule has 1 heterocycles. The van der Waals surface area contributed by atoms with Crippen LogP contribution in [-0.4, -0.2) is 49.4 Å². The van der Waals surface area contributed by atoms with Gasteiger partial charge in [0, 0.05) is 36.7 Å². The fraction of sp³-hybridized carbons (Fsp3) is 0.321. The zero-order valence-electron chi connectivity index (χ0n) is 21.2. The summed E-state index contributed by atoms with van der Waals surface area (Å²) in [6.45, 7) is 6.39. The Morgan fingerprint density at radius 1 is 0.917 bits per heavy atom. The normalized spacial score (nSPS) is 10.9. The quantitative estimate of drug-likeness (QED) is 0.401. The zero-order valence-corrected chi connectivity index (χ0v) is 21.2. The van der Waals surface area contributed by atoms with Crippen LogP contribution in [0.25, 0.3) is 11.3 Å². The van der Waals surface area contributed by atoms with E-state index < -0.39 is 11.7 Å². The van der Waals surface area contributed by atoms with E-state index in [1.165, 1.54) is 0 Å². The largest absolute Gasteiger partial charge is 0.497 e. The topological polar surface area (TPSA) is 98.8 Å². The number of rotatable bonds is 10. The molecular formula is C28H33N3O5. The number of ether oxygens (including phenoxy) is 3. The molecule has 0 aliphatic carbocycles. The van der Waals surface area contributed by atoms with Crippen molar-refractivity contribution >= 4 is 12.0 Å². The van der Waals surface area contributed by atoms with Gasteiger partial charge in [0.1, 0.15) is 11.4 Å². The van der Waals surface area contributed by atoms with Gasteiger partial charge >= 0.3 is 6.09 Å². The van der Waals surface area contributed by atoms with E-state index in [4.69, 9.17) is 14.2 Å². The molecule has 1 aromatic heterocycles. The number of nitrogens with zero attached hydrogens (tertiary/aromatic N) is 1. The van der Waals surface area contributed by atoms with Crippen LogP contribution in [0, 0.1) is 0 Å². The van der Waals surface area contributed by atoms with Crippen molar-refractivity contribution in [1.82, 2.24) is 15.6 Å². The molecule has 0 aliphatic rings. The van der Waals surface area contributed by atoms with Crippen molar-refractivity contribution in [3.63, 3.8) is 0 Å². The molecule has 2 amide bonds. The van der Waals surface area contributed by atoms with Crippen LogP contribution in [0.15, 0.2) is 66.7 Å². The van der Waals surface area contributed by atoms with Gasteiger partial charge in [-0.1, -0.05) is 30.3 Å². The highest BCUT2D eigenvalue weighted by Gasteiger charge is 2.15. The first kappa shape index (κ1) is 26.5. The van der Waals surface area contributed by atoms with Gasteiger partial charge < -0.3 is 24.8 Å². The van der Waals surface area contributed by atoms with E-state index >= 15 is 0 Å². The van der Waals surface area contributed by atoms with Crippen LogP contribution in [-0.2, 0) is 11.2 Å². The molecule has 0 fully saturated rings. The van der Waals surface area contributed by atoms with Crippen LogP contribution >= 0.6 is 0 Å². The number of carbonyl (C=O) groups excluding carboxylic acids is 2. The predicted molar refractivity (Wildman–Crippen MR) is 138 cm³/mol. The third-order valence-corrected chi connectivity index (χ3v) is 5.00. The van der Waals surface area contributed by atoms with Crippen molar-refractivity contribution in [2.24, 2.45) is 0 Å². The van der Waals surface area contributed by atoms with Gasteiger partial charge in [-0.3, -0.25) is 4.79 Å². The number of nitrogens with one attached hydrogen (secondary N) is 2. The van der Waals surface area contributed by atoms with Gasteiger partial charge in [0.25, 0.3) is 5.91 Å². The highest BCUT2D eigenvalue weighted by molar-refractivity contribution is 5.95. The van der Waals surface area contributed by atoms with Gasteiger partial charge in [-0.25, -0.2) is 9.78 Å². The predicted octanol–water partition coefficient (Wildman–Crippen LogP) is 4.63. The number of hydrogen-bond donors (Lipinski definition) is 2. The molecule has 8 nitrogen and oxygen atoms in total. The summed E-state index contributed by atoms with van der Waals surface area (Å²) >= 11 is 0. The first-order chi connectivity index (χ1) is 17.2. The van der Waals surface area contributed by atoms with Gasteiger partial charge in [0.15, 0.2) is 0 Å². The summed E-state index contributed by atoms with van der Waals surface area (Å²) in [7, 11) is 1.65. The first-order valence-corrected chi connectivity index (χ1v) is 11.8. The third-order valence-electron chi connectivity index (χ3n) is 5.00. The molecule has 0 radical (unpaired) electrons. The molecule has 0 saturated carbocycles. The molecule has 190 valence electrons. The monoisotopic (exact) mass is 491 g/mol. The van der Waals surface area contributed by atoms with Gasteiger partial charge in [-0.05, 0) is 56.7 Å². The van der Waals surface area contributed by atoms with Crippen LogP contribution in [0.3, 0.4) is 0 Å². The molecule has 0 bridgehead atoms. The Balaban J connectivity index is 1.53. The lowest BCUT2D eigenvalue weighted by atomic mass is 10.1. The average Bonchev–Trinajstić information content (AvgIpc) is 2.86. The summed E-state index contributed by atoms with van der Waals surface area (Å²) in [5.41, 5.74) is 2.55. The van der Waals surface area contributed by atoms with Crippen molar-refractivity contribution in [2.45, 2.75) is 32.8 Å². The van der Waals surface area contributed by atoms with E-state index in [1.807, 2.05) is 48.5 Å². The standard InChI is InChI=1S/C28H33N3O5/c1-28(2,3)36-27(33)30-16-15-29-26(32)22-10-6-9-21(19-22)24-12-7-13-25(31-24)35-17-14-20-8-5-11-23(18-20)34-4/h5-13,18-19H,14-17H2,1-4H3,(H,29,32)(H,30,33). The molecule has 8 heteroatoms. The minimum absolute atomic E-state index is 0.242. The second-order valence-electron chi connectivity index (χ2n) is 9.08. The Hall–Kier alpha value is -4.07. The molecule has 0 saturated heterocycles. The Morgan fingerprint density at radius 2 is 1.67 bits per heavy atom. The SMILES string of the molecule is COc1cccc(CCOc2cccc(-c3cccc(C(=O)NCCNC(=O)OC(C)(C)C)c3)n2)c1. The van der Waals surface area contributed by atoms with Crippen molar-refractivity contribution in [2.75, 3.05) is 26.8 Å². The van der Waals surface area contributed by atoms with Gasteiger partial charge in [0.05, 0.1) is 19.4 Å².